The van der Waals surface area contributed by atoms with Gasteiger partial charge in [0.15, 0.2) is 6.61 Å². The number of anilines is 1. The zero-order valence-corrected chi connectivity index (χ0v) is 12.8. The van der Waals surface area contributed by atoms with E-state index in [0.29, 0.717) is 23.1 Å². The Morgan fingerprint density at radius 1 is 1.45 bits per heavy atom. The molecular formula is C14H16N2O5S. The molecule has 0 atom stereocenters. The number of carboxylic acids is 1. The lowest BCUT2D eigenvalue weighted by Gasteiger charge is -2.15. The highest BCUT2D eigenvalue weighted by molar-refractivity contribution is 8.00. The van der Waals surface area contributed by atoms with Crippen molar-refractivity contribution in [2.75, 3.05) is 30.1 Å². The Bertz CT molecular complexity index is 605. The molecule has 8 heteroatoms. The lowest BCUT2D eigenvalue weighted by molar-refractivity contribution is -0.139. The molecule has 0 aromatic heterocycles. The van der Waals surface area contributed by atoms with Crippen molar-refractivity contribution in [1.82, 2.24) is 4.90 Å². The third-order valence-electron chi connectivity index (χ3n) is 2.99. The van der Waals surface area contributed by atoms with Crippen molar-refractivity contribution in [3.63, 3.8) is 0 Å². The maximum atomic E-state index is 11.9. The van der Waals surface area contributed by atoms with Gasteiger partial charge in [0.1, 0.15) is 12.3 Å². The summed E-state index contributed by atoms with van der Waals surface area (Å²) >= 11 is 1.48. The van der Waals surface area contributed by atoms with Gasteiger partial charge in [-0.25, -0.2) is 4.79 Å². The molecule has 22 heavy (non-hydrogen) atoms. The standard InChI is InChI=1S/C14H16N2O5S/c1-9-4-10(21-6-14(19)20)2-3-11(9)15-12(17)5-16-8-22-7-13(16)18/h2-4H,5-8H2,1H3,(H,15,17)(H,19,20). The summed E-state index contributed by atoms with van der Waals surface area (Å²) in [5.74, 6) is 0.0226. The molecule has 0 radical (unpaired) electrons. The molecule has 0 saturated carbocycles. The number of rotatable bonds is 6. The van der Waals surface area contributed by atoms with Gasteiger partial charge in [0.25, 0.3) is 0 Å². The van der Waals surface area contributed by atoms with Crippen LogP contribution in [0.1, 0.15) is 5.56 Å². The number of aliphatic carboxylic acids is 1. The van der Waals surface area contributed by atoms with E-state index < -0.39 is 12.6 Å². The minimum absolute atomic E-state index is 0.0303. The zero-order chi connectivity index (χ0) is 16.1. The predicted octanol–water partition coefficient (Wildman–Crippen LogP) is 0.930. The molecule has 0 aliphatic carbocycles. The van der Waals surface area contributed by atoms with Gasteiger partial charge in [-0.3, -0.25) is 9.59 Å². The number of carbonyl (C=O) groups excluding carboxylic acids is 2. The number of benzene rings is 1. The normalized spacial score (nSPS) is 14.0. The number of aryl methyl sites for hydroxylation is 1. The number of ether oxygens (including phenoxy) is 1. The molecule has 1 fully saturated rings. The van der Waals surface area contributed by atoms with E-state index in [9.17, 15) is 14.4 Å². The number of amides is 2. The highest BCUT2D eigenvalue weighted by Gasteiger charge is 2.23. The summed E-state index contributed by atoms with van der Waals surface area (Å²) in [5.41, 5.74) is 1.35. The fraction of sp³-hybridized carbons (Fsp3) is 0.357. The summed E-state index contributed by atoms with van der Waals surface area (Å²) in [6, 6.07) is 4.88. The van der Waals surface area contributed by atoms with E-state index in [2.05, 4.69) is 5.32 Å². The average molecular weight is 324 g/mol. The molecule has 0 bridgehead atoms. The molecule has 1 aliphatic rings. The van der Waals surface area contributed by atoms with Crippen LogP contribution in [0.3, 0.4) is 0 Å². The Labute approximate surface area is 131 Å². The molecule has 2 N–H and O–H groups in total. The first-order valence-electron chi connectivity index (χ1n) is 6.56. The fourth-order valence-corrected chi connectivity index (χ4v) is 2.82. The van der Waals surface area contributed by atoms with E-state index in [1.165, 1.54) is 16.7 Å². The Kier molecular flexibility index (Phi) is 5.26. The van der Waals surface area contributed by atoms with Crippen molar-refractivity contribution in [2.24, 2.45) is 0 Å². The van der Waals surface area contributed by atoms with Crippen LogP contribution in [-0.2, 0) is 14.4 Å². The van der Waals surface area contributed by atoms with Crippen LogP contribution in [0.25, 0.3) is 0 Å². The van der Waals surface area contributed by atoms with Crippen molar-refractivity contribution < 1.29 is 24.2 Å². The summed E-state index contributed by atoms with van der Waals surface area (Å²) in [6.45, 7) is 1.39. The Balaban J connectivity index is 1.93. The number of nitrogens with one attached hydrogen (secondary N) is 1. The smallest absolute Gasteiger partial charge is 0.341 e. The van der Waals surface area contributed by atoms with Crippen molar-refractivity contribution >= 4 is 35.2 Å². The zero-order valence-electron chi connectivity index (χ0n) is 12.0. The van der Waals surface area contributed by atoms with Crippen LogP contribution in [-0.4, -0.2) is 52.6 Å². The van der Waals surface area contributed by atoms with E-state index in [4.69, 9.17) is 9.84 Å². The Morgan fingerprint density at radius 3 is 2.82 bits per heavy atom. The second kappa shape index (κ2) is 7.17. The van der Waals surface area contributed by atoms with E-state index in [1.54, 1.807) is 25.1 Å². The highest BCUT2D eigenvalue weighted by Crippen LogP contribution is 2.22. The van der Waals surface area contributed by atoms with Crippen molar-refractivity contribution in [2.45, 2.75) is 6.92 Å². The highest BCUT2D eigenvalue weighted by atomic mass is 32.2. The number of thioether (sulfide) groups is 1. The maximum absolute atomic E-state index is 11.9. The minimum Gasteiger partial charge on any atom is -0.482 e. The molecule has 1 heterocycles. The lowest BCUT2D eigenvalue weighted by atomic mass is 10.2. The number of hydrogen-bond acceptors (Lipinski definition) is 5. The molecule has 1 aromatic carbocycles. The second-order valence-electron chi connectivity index (χ2n) is 4.78. The van der Waals surface area contributed by atoms with E-state index >= 15 is 0 Å². The maximum Gasteiger partial charge on any atom is 0.341 e. The average Bonchev–Trinajstić information content (AvgIpc) is 2.84. The molecule has 0 spiro atoms. The van der Waals surface area contributed by atoms with Gasteiger partial charge in [0.2, 0.25) is 11.8 Å². The van der Waals surface area contributed by atoms with Crippen LogP contribution in [0.15, 0.2) is 18.2 Å². The molecule has 2 rings (SSSR count). The van der Waals surface area contributed by atoms with Gasteiger partial charge >= 0.3 is 5.97 Å². The number of carbonyl (C=O) groups is 3. The largest absolute Gasteiger partial charge is 0.482 e. The Hall–Kier alpha value is -2.22. The van der Waals surface area contributed by atoms with E-state index in [1.807, 2.05) is 0 Å². The monoisotopic (exact) mass is 324 g/mol. The Morgan fingerprint density at radius 2 is 2.23 bits per heavy atom. The number of hydrogen-bond donors (Lipinski definition) is 2. The van der Waals surface area contributed by atoms with Crippen LogP contribution in [0.5, 0.6) is 5.75 Å². The second-order valence-corrected chi connectivity index (χ2v) is 5.73. The third kappa shape index (κ3) is 4.39. The summed E-state index contributed by atoms with van der Waals surface area (Å²) < 4.78 is 5.06. The van der Waals surface area contributed by atoms with Crippen molar-refractivity contribution in [3.8, 4) is 5.75 Å². The van der Waals surface area contributed by atoms with Gasteiger partial charge in [-0.05, 0) is 30.7 Å². The molecule has 118 valence electrons. The number of nitrogens with zero attached hydrogens (tertiary/aromatic N) is 1. The first kappa shape index (κ1) is 16.2. The van der Waals surface area contributed by atoms with E-state index in [-0.39, 0.29) is 18.4 Å². The number of carboxylic acid groups (broad SMARTS) is 1. The van der Waals surface area contributed by atoms with Gasteiger partial charge in [-0.2, -0.15) is 0 Å². The molecule has 7 nitrogen and oxygen atoms in total. The molecule has 0 unspecified atom stereocenters. The van der Waals surface area contributed by atoms with Crippen LogP contribution >= 0.6 is 11.8 Å². The molecule has 1 aromatic rings. The van der Waals surface area contributed by atoms with Crippen molar-refractivity contribution in [3.05, 3.63) is 23.8 Å². The fourth-order valence-electron chi connectivity index (χ4n) is 1.91. The molecular weight excluding hydrogens is 308 g/mol. The predicted molar refractivity (Wildman–Crippen MR) is 82.0 cm³/mol. The molecule has 2 amide bonds. The summed E-state index contributed by atoms with van der Waals surface area (Å²) in [4.78, 5) is 35.3. The minimum atomic E-state index is -1.05. The van der Waals surface area contributed by atoms with Gasteiger partial charge in [0, 0.05) is 5.69 Å². The van der Waals surface area contributed by atoms with Crippen LogP contribution in [0, 0.1) is 6.92 Å². The molecule has 1 saturated heterocycles. The SMILES string of the molecule is Cc1cc(OCC(=O)O)ccc1NC(=O)CN1CSCC1=O. The summed E-state index contributed by atoms with van der Waals surface area (Å²) in [7, 11) is 0. The first-order chi connectivity index (χ1) is 10.5. The van der Waals surface area contributed by atoms with Gasteiger partial charge in [-0.1, -0.05) is 0 Å². The third-order valence-corrected chi connectivity index (χ3v) is 3.94. The van der Waals surface area contributed by atoms with Crippen molar-refractivity contribution in [1.29, 1.82) is 0 Å². The van der Waals surface area contributed by atoms with Gasteiger partial charge < -0.3 is 20.1 Å². The van der Waals surface area contributed by atoms with Gasteiger partial charge in [0.05, 0.1) is 11.6 Å². The quantitative estimate of drug-likeness (QED) is 0.808. The first-order valence-corrected chi connectivity index (χ1v) is 7.72. The van der Waals surface area contributed by atoms with Crippen LogP contribution in [0.4, 0.5) is 5.69 Å². The van der Waals surface area contributed by atoms with Crippen LogP contribution < -0.4 is 10.1 Å². The lowest BCUT2D eigenvalue weighted by Crippen LogP contribution is -2.34. The van der Waals surface area contributed by atoms with Gasteiger partial charge in [-0.15, -0.1) is 11.8 Å². The van der Waals surface area contributed by atoms with E-state index in [0.717, 1.165) is 5.56 Å². The molecule has 1 aliphatic heterocycles. The van der Waals surface area contributed by atoms with Crippen LogP contribution in [0.2, 0.25) is 0 Å². The summed E-state index contributed by atoms with van der Waals surface area (Å²) in [5, 5.41) is 11.3. The topological polar surface area (TPSA) is 95.9 Å². The summed E-state index contributed by atoms with van der Waals surface area (Å²) in [6.07, 6.45) is 0.